The van der Waals surface area contributed by atoms with Gasteiger partial charge in [-0.1, -0.05) is 0 Å². The number of aromatic nitrogens is 1. The topological polar surface area (TPSA) is 92.8 Å². The Morgan fingerprint density at radius 1 is 1.22 bits per heavy atom. The largest absolute Gasteiger partial charge is 0.493 e. The molecule has 0 amide bonds. The van der Waals surface area contributed by atoms with Crippen LogP contribution in [0.2, 0.25) is 0 Å². The van der Waals surface area contributed by atoms with Crippen molar-refractivity contribution in [3.8, 4) is 11.5 Å². The van der Waals surface area contributed by atoms with Gasteiger partial charge in [0.25, 0.3) is 5.69 Å². The van der Waals surface area contributed by atoms with Gasteiger partial charge in [0.2, 0.25) is 5.78 Å². The molecule has 1 unspecified atom stereocenters. The van der Waals surface area contributed by atoms with Crippen molar-refractivity contribution in [3.63, 3.8) is 0 Å². The summed E-state index contributed by atoms with van der Waals surface area (Å²) < 4.78 is 17.9. The van der Waals surface area contributed by atoms with E-state index in [1.165, 1.54) is 25.3 Å². The third kappa shape index (κ3) is 4.46. The predicted octanol–water partition coefficient (Wildman–Crippen LogP) is 3.49. The van der Waals surface area contributed by atoms with Crippen molar-refractivity contribution in [3.05, 3.63) is 51.3 Å². The van der Waals surface area contributed by atoms with Gasteiger partial charge in [-0.2, -0.15) is 0 Å². The van der Waals surface area contributed by atoms with Crippen molar-refractivity contribution in [2.45, 2.75) is 26.8 Å². The number of carbonyl (C=O) groups excluding carboxylic acids is 1. The molecule has 0 spiro atoms. The van der Waals surface area contributed by atoms with E-state index >= 15 is 0 Å². The predicted molar refractivity (Wildman–Crippen MR) is 100.0 cm³/mol. The number of carbonyl (C=O) groups is 1. The number of aryl methyl sites for hydroxylation is 1. The number of nitrogens with zero attached hydrogens (tertiary/aromatic N) is 2. The number of methoxy groups -OCH3 is 2. The minimum absolute atomic E-state index is 0.0920. The average Bonchev–Trinajstić information content (AvgIpc) is 2.93. The number of hydrogen-bond donors (Lipinski definition) is 0. The Labute approximate surface area is 157 Å². The Hall–Kier alpha value is -2.87. The lowest BCUT2D eigenvalue weighted by molar-refractivity contribution is -0.385. The molecule has 1 aromatic carbocycles. The summed E-state index contributed by atoms with van der Waals surface area (Å²) in [5.74, 6) is 0.265. The minimum atomic E-state index is -0.529. The quantitative estimate of drug-likeness (QED) is 0.378. The molecule has 8 nitrogen and oxygen atoms in total. The number of ether oxygens (including phenoxy) is 3. The van der Waals surface area contributed by atoms with Gasteiger partial charge in [0.15, 0.2) is 18.1 Å². The van der Waals surface area contributed by atoms with Crippen LogP contribution in [0, 0.1) is 24.0 Å². The fourth-order valence-corrected chi connectivity index (χ4v) is 3.17. The van der Waals surface area contributed by atoms with Crippen LogP contribution in [-0.2, 0) is 4.74 Å². The highest BCUT2D eigenvalue weighted by Gasteiger charge is 2.20. The van der Waals surface area contributed by atoms with E-state index in [-0.39, 0.29) is 29.9 Å². The number of Topliss-reactive ketones (excluding diaryl/α,β-unsaturated/α-hetero) is 1. The SMILES string of the molecule is COCC(C)n1c(C)cc(C(=O)COc2cc([N+](=O)[O-])ccc2OC)c1C. The molecular formula is C19H24N2O6. The Morgan fingerprint density at radius 3 is 2.52 bits per heavy atom. The lowest BCUT2D eigenvalue weighted by Crippen LogP contribution is -2.16. The van der Waals surface area contributed by atoms with Crippen molar-refractivity contribution >= 4 is 11.5 Å². The lowest BCUT2D eigenvalue weighted by atomic mass is 10.1. The molecule has 146 valence electrons. The summed E-state index contributed by atoms with van der Waals surface area (Å²) in [4.78, 5) is 23.1. The molecule has 0 aliphatic carbocycles. The minimum Gasteiger partial charge on any atom is -0.493 e. The third-order valence-electron chi connectivity index (χ3n) is 4.35. The molecule has 0 radical (unpaired) electrons. The summed E-state index contributed by atoms with van der Waals surface area (Å²) in [5.41, 5.74) is 2.20. The van der Waals surface area contributed by atoms with E-state index in [1.807, 2.05) is 31.4 Å². The maximum absolute atomic E-state index is 12.7. The first-order valence-electron chi connectivity index (χ1n) is 8.45. The maximum Gasteiger partial charge on any atom is 0.273 e. The van der Waals surface area contributed by atoms with Gasteiger partial charge in [0.05, 0.1) is 30.7 Å². The van der Waals surface area contributed by atoms with E-state index in [9.17, 15) is 14.9 Å². The molecular weight excluding hydrogens is 352 g/mol. The molecule has 0 aliphatic heterocycles. The summed E-state index contributed by atoms with van der Waals surface area (Å²) in [5, 5.41) is 10.9. The van der Waals surface area contributed by atoms with Gasteiger partial charge in [0.1, 0.15) is 0 Å². The van der Waals surface area contributed by atoms with E-state index in [1.54, 1.807) is 7.11 Å². The van der Waals surface area contributed by atoms with Gasteiger partial charge < -0.3 is 18.8 Å². The number of hydrogen-bond acceptors (Lipinski definition) is 6. The van der Waals surface area contributed by atoms with Gasteiger partial charge in [-0.25, -0.2) is 0 Å². The van der Waals surface area contributed by atoms with E-state index in [4.69, 9.17) is 14.2 Å². The highest BCUT2D eigenvalue weighted by atomic mass is 16.6. The van der Waals surface area contributed by atoms with E-state index in [2.05, 4.69) is 0 Å². The van der Waals surface area contributed by atoms with Crippen molar-refractivity contribution in [2.24, 2.45) is 0 Å². The summed E-state index contributed by atoms with van der Waals surface area (Å²) in [6.07, 6.45) is 0. The first-order chi connectivity index (χ1) is 12.8. The number of ketones is 1. The third-order valence-corrected chi connectivity index (χ3v) is 4.35. The normalized spacial score (nSPS) is 11.9. The van der Waals surface area contributed by atoms with Crippen LogP contribution in [0.15, 0.2) is 24.3 Å². The number of nitro benzene ring substituents is 1. The van der Waals surface area contributed by atoms with E-state index < -0.39 is 4.92 Å². The molecule has 0 aliphatic rings. The molecule has 0 fully saturated rings. The second kappa shape index (κ2) is 8.68. The Bertz CT molecular complexity index is 843. The molecule has 0 saturated carbocycles. The van der Waals surface area contributed by atoms with Gasteiger partial charge in [-0.05, 0) is 32.9 Å². The van der Waals surface area contributed by atoms with Crippen LogP contribution in [0.25, 0.3) is 0 Å². The number of rotatable bonds is 9. The summed E-state index contributed by atoms with van der Waals surface area (Å²) in [7, 11) is 3.07. The Balaban J connectivity index is 2.21. The van der Waals surface area contributed by atoms with Crippen molar-refractivity contribution < 1.29 is 23.9 Å². The number of nitro groups is 1. The monoisotopic (exact) mass is 376 g/mol. The molecule has 2 rings (SSSR count). The van der Waals surface area contributed by atoms with Crippen molar-refractivity contribution in [1.82, 2.24) is 4.57 Å². The molecule has 1 atom stereocenters. The summed E-state index contributed by atoms with van der Waals surface area (Å²) in [6, 6.07) is 5.91. The van der Waals surface area contributed by atoms with Gasteiger partial charge in [-0.15, -0.1) is 0 Å². The fourth-order valence-electron chi connectivity index (χ4n) is 3.17. The van der Waals surface area contributed by atoms with Crippen molar-refractivity contribution in [1.29, 1.82) is 0 Å². The molecule has 0 bridgehead atoms. The summed E-state index contributed by atoms with van der Waals surface area (Å²) in [6.45, 7) is 6.11. The van der Waals surface area contributed by atoms with Gasteiger partial charge in [-0.3, -0.25) is 14.9 Å². The zero-order chi connectivity index (χ0) is 20.1. The maximum atomic E-state index is 12.7. The van der Waals surface area contributed by atoms with E-state index in [0.29, 0.717) is 17.9 Å². The Kier molecular flexibility index (Phi) is 6.57. The standard InChI is InChI=1S/C19H24N2O6/c1-12-8-16(14(3)20(12)13(2)10-25-4)17(22)11-27-19-9-15(21(23)24)6-7-18(19)26-5/h6-9,13H,10-11H2,1-5H3. The lowest BCUT2D eigenvalue weighted by Gasteiger charge is -2.17. The van der Waals surface area contributed by atoms with Crippen LogP contribution >= 0.6 is 0 Å². The second-order valence-corrected chi connectivity index (χ2v) is 6.26. The first-order valence-corrected chi connectivity index (χ1v) is 8.45. The van der Waals surface area contributed by atoms with Crippen LogP contribution in [0.1, 0.15) is 34.7 Å². The molecule has 1 heterocycles. The molecule has 1 aromatic heterocycles. The first kappa shape index (κ1) is 20.4. The highest BCUT2D eigenvalue weighted by molar-refractivity contribution is 5.98. The number of benzene rings is 1. The van der Waals surface area contributed by atoms with Crippen LogP contribution < -0.4 is 9.47 Å². The smallest absolute Gasteiger partial charge is 0.273 e. The number of non-ortho nitro benzene ring substituents is 1. The Morgan fingerprint density at radius 2 is 1.93 bits per heavy atom. The van der Waals surface area contributed by atoms with Crippen molar-refractivity contribution in [2.75, 3.05) is 27.4 Å². The molecule has 2 aromatic rings. The van der Waals surface area contributed by atoms with Crippen LogP contribution in [0.5, 0.6) is 11.5 Å². The fraction of sp³-hybridized carbons (Fsp3) is 0.421. The molecule has 0 saturated heterocycles. The van der Waals surface area contributed by atoms with Gasteiger partial charge in [0, 0.05) is 30.1 Å². The second-order valence-electron chi connectivity index (χ2n) is 6.26. The zero-order valence-corrected chi connectivity index (χ0v) is 16.1. The highest BCUT2D eigenvalue weighted by Crippen LogP contribution is 2.31. The molecule has 27 heavy (non-hydrogen) atoms. The zero-order valence-electron chi connectivity index (χ0n) is 16.1. The summed E-state index contributed by atoms with van der Waals surface area (Å²) >= 11 is 0. The van der Waals surface area contributed by atoms with Crippen LogP contribution in [-0.4, -0.2) is 42.7 Å². The van der Waals surface area contributed by atoms with Crippen LogP contribution in [0.3, 0.4) is 0 Å². The molecule has 8 heteroatoms. The van der Waals surface area contributed by atoms with Gasteiger partial charge >= 0.3 is 0 Å². The van der Waals surface area contributed by atoms with Crippen LogP contribution in [0.4, 0.5) is 5.69 Å². The average molecular weight is 376 g/mol. The molecule has 0 N–H and O–H groups in total. The van der Waals surface area contributed by atoms with E-state index in [0.717, 1.165) is 11.4 Å².